The van der Waals surface area contributed by atoms with E-state index in [1.807, 2.05) is 0 Å². The van der Waals surface area contributed by atoms with Crippen LogP contribution < -0.4 is 10.6 Å². The highest BCUT2D eigenvalue weighted by atomic mass is 35.5. The summed E-state index contributed by atoms with van der Waals surface area (Å²) >= 11 is 0. The number of aryl methyl sites for hydroxylation is 1. The zero-order valence-corrected chi connectivity index (χ0v) is 13.0. The highest BCUT2D eigenvalue weighted by Crippen LogP contribution is 2.31. The summed E-state index contributed by atoms with van der Waals surface area (Å²) in [7, 11) is 0. The lowest BCUT2D eigenvalue weighted by Gasteiger charge is -2.33. The smallest absolute Gasteiger partial charge is 0.373 e. The molecule has 9 heteroatoms. The van der Waals surface area contributed by atoms with Crippen LogP contribution in [0.3, 0.4) is 0 Å². The molecule has 1 aromatic rings. The van der Waals surface area contributed by atoms with Crippen molar-refractivity contribution in [2.45, 2.75) is 19.2 Å². The van der Waals surface area contributed by atoms with Gasteiger partial charge in [-0.25, -0.2) is 4.98 Å². The minimum absolute atomic E-state index is 0. The number of halogens is 5. The first-order valence-electron chi connectivity index (χ1n) is 6.02. The van der Waals surface area contributed by atoms with Crippen LogP contribution >= 0.6 is 24.8 Å². The molecule has 0 bridgehead atoms. The quantitative estimate of drug-likeness (QED) is 0.892. The Hall–Kier alpha value is -0.760. The monoisotopic (exact) mass is 347 g/mol. The molecule has 0 aliphatic carbocycles. The van der Waals surface area contributed by atoms with Gasteiger partial charge in [0.25, 0.3) is 0 Å². The Bertz CT molecular complexity index is 460. The van der Waals surface area contributed by atoms with Crippen molar-refractivity contribution in [3.8, 4) is 0 Å². The molecular weight excluding hydrogens is 330 g/mol. The largest absolute Gasteiger partial charge is 0.416 e. The molecule has 1 aliphatic heterocycles. The molecule has 122 valence electrons. The molecule has 1 unspecified atom stereocenters. The summed E-state index contributed by atoms with van der Waals surface area (Å²) in [5.41, 5.74) is 5.19. The van der Waals surface area contributed by atoms with E-state index in [2.05, 4.69) is 4.98 Å². The number of nitrogens with zero attached hydrogens (tertiary/aromatic N) is 2. The summed E-state index contributed by atoms with van der Waals surface area (Å²) in [6, 6.07) is 2.12. The number of ether oxygens (including phenoxy) is 1. The topological polar surface area (TPSA) is 51.4 Å². The van der Waals surface area contributed by atoms with Crippen LogP contribution in [-0.2, 0) is 10.9 Å². The summed E-state index contributed by atoms with van der Waals surface area (Å²) in [5.74, 6) is 0.328. The van der Waals surface area contributed by atoms with Crippen molar-refractivity contribution in [1.29, 1.82) is 0 Å². The molecule has 1 aromatic heterocycles. The summed E-state index contributed by atoms with van der Waals surface area (Å²) < 4.78 is 43.7. The Labute approximate surface area is 133 Å². The summed E-state index contributed by atoms with van der Waals surface area (Å²) in [6.07, 6.45) is -4.52. The van der Waals surface area contributed by atoms with Gasteiger partial charge in [-0.05, 0) is 19.1 Å². The second-order valence-corrected chi connectivity index (χ2v) is 4.53. The Morgan fingerprint density at radius 3 is 2.62 bits per heavy atom. The molecule has 0 aromatic carbocycles. The molecule has 0 spiro atoms. The number of nitrogens with two attached hydrogens (primary N) is 1. The van der Waals surface area contributed by atoms with Crippen LogP contribution in [0, 0.1) is 6.92 Å². The van der Waals surface area contributed by atoms with E-state index in [1.54, 1.807) is 11.8 Å². The van der Waals surface area contributed by atoms with E-state index < -0.39 is 11.7 Å². The van der Waals surface area contributed by atoms with Crippen LogP contribution in [0.15, 0.2) is 12.1 Å². The van der Waals surface area contributed by atoms with Gasteiger partial charge in [-0.3, -0.25) is 0 Å². The van der Waals surface area contributed by atoms with Gasteiger partial charge in [0.15, 0.2) is 0 Å². The van der Waals surface area contributed by atoms with E-state index in [4.69, 9.17) is 10.5 Å². The number of alkyl halides is 3. The van der Waals surface area contributed by atoms with E-state index in [0.717, 1.165) is 12.1 Å². The van der Waals surface area contributed by atoms with Crippen LogP contribution in [0.1, 0.15) is 11.3 Å². The minimum atomic E-state index is -4.36. The molecule has 1 saturated heterocycles. The molecule has 21 heavy (non-hydrogen) atoms. The van der Waals surface area contributed by atoms with Crippen LogP contribution in [0.2, 0.25) is 0 Å². The molecule has 0 saturated carbocycles. The third kappa shape index (κ3) is 5.18. The average molecular weight is 348 g/mol. The number of hydrogen-bond acceptors (Lipinski definition) is 4. The van der Waals surface area contributed by atoms with Gasteiger partial charge in [-0.15, -0.1) is 24.8 Å². The standard InChI is InChI=1S/C12H16F3N3O.2ClH/c1-8-4-9(12(13,14)15)5-11(17-8)18-2-3-19-10(6-16)7-18;;/h4-5,10H,2-3,6-7,16H2,1H3;2*1H. The normalized spacial score (nSPS) is 18.7. The Kier molecular flexibility index (Phi) is 7.74. The predicted octanol–water partition coefficient (Wildman–Crippen LogP) is 2.42. The predicted molar refractivity (Wildman–Crippen MR) is 79.5 cm³/mol. The van der Waals surface area contributed by atoms with Crippen molar-refractivity contribution in [2.24, 2.45) is 5.73 Å². The second kappa shape index (κ2) is 8.03. The van der Waals surface area contributed by atoms with Gasteiger partial charge in [-0.2, -0.15) is 13.2 Å². The lowest BCUT2D eigenvalue weighted by molar-refractivity contribution is -0.137. The molecule has 0 amide bonds. The Balaban J connectivity index is 0.00000200. The Morgan fingerprint density at radius 2 is 2.05 bits per heavy atom. The molecule has 0 radical (unpaired) electrons. The van der Waals surface area contributed by atoms with Gasteiger partial charge < -0.3 is 15.4 Å². The lowest BCUT2D eigenvalue weighted by Crippen LogP contribution is -2.46. The van der Waals surface area contributed by atoms with Crippen LogP contribution in [0.4, 0.5) is 19.0 Å². The fourth-order valence-corrected chi connectivity index (χ4v) is 2.05. The first kappa shape index (κ1) is 20.2. The van der Waals surface area contributed by atoms with Crippen LogP contribution in [0.25, 0.3) is 0 Å². The zero-order chi connectivity index (χ0) is 14.0. The highest BCUT2D eigenvalue weighted by Gasteiger charge is 2.32. The number of pyridine rings is 1. The van der Waals surface area contributed by atoms with Crippen molar-refractivity contribution < 1.29 is 17.9 Å². The first-order valence-corrected chi connectivity index (χ1v) is 6.02. The molecule has 1 aliphatic rings. The molecule has 2 N–H and O–H groups in total. The summed E-state index contributed by atoms with van der Waals surface area (Å²) in [4.78, 5) is 5.95. The van der Waals surface area contributed by atoms with Gasteiger partial charge in [-0.1, -0.05) is 0 Å². The molecular formula is C12H18Cl2F3N3O. The van der Waals surface area contributed by atoms with E-state index in [1.165, 1.54) is 0 Å². The van der Waals surface area contributed by atoms with E-state index in [9.17, 15) is 13.2 Å². The fourth-order valence-electron chi connectivity index (χ4n) is 2.05. The van der Waals surface area contributed by atoms with Crippen molar-refractivity contribution in [1.82, 2.24) is 4.98 Å². The van der Waals surface area contributed by atoms with Gasteiger partial charge in [0.2, 0.25) is 0 Å². The maximum Gasteiger partial charge on any atom is 0.416 e. The van der Waals surface area contributed by atoms with Crippen molar-refractivity contribution in [3.05, 3.63) is 23.4 Å². The van der Waals surface area contributed by atoms with Gasteiger partial charge >= 0.3 is 6.18 Å². The molecule has 2 heterocycles. The minimum Gasteiger partial charge on any atom is -0.373 e. The number of hydrogen-bond donors (Lipinski definition) is 1. The number of anilines is 1. The number of morpholine rings is 1. The van der Waals surface area contributed by atoms with E-state index in [-0.39, 0.29) is 30.9 Å². The highest BCUT2D eigenvalue weighted by molar-refractivity contribution is 5.85. The van der Waals surface area contributed by atoms with Crippen LogP contribution in [0.5, 0.6) is 0 Å². The van der Waals surface area contributed by atoms with Crippen molar-refractivity contribution in [2.75, 3.05) is 31.1 Å². The Morgan fingerprint density at radius 1 is 1.38 bits per heavy atom. The number of rotatable bonds is 2. The third-order valence-electron chi connectivity index (χ3n) is 2.99. The van der Waals surface area contributed by atoms with Gasteiger partial charge in [0.05, 0.1) is 18.3 Å². The number of aromatic nitrogens is 1. The van der Waals surface area contributed by atoms with Crippen LogP contribution in [-0.4, -0.2) is 37.3 Å². The SMILES string of the molecule is Cc1cc(C(F)(F)F)cc(N2CCOC(CN)C2)n1.Cl.Cl. The average Bonchev–Trinajstić information content (AvgIpc) is 2.37. The maximum atomic E-state index is 12.8. The van der Waals surface area contributed by atoms with Gasteiger partial charge in [0, 0.05) is 25.3 Å². The van der Waals surface area contributed by atoms with Gasteiger partial charge in [0.1, 0.15) is 5.82 Å². The third-order valence-corrected chi connectivity index (χ3v) is 2.99. The van der Waals surface area contributed by atoms with Crippen molar-refractivity contribution in [3.63, 3.8) is 0 Å². The molecule has 2 rings (SSSR count). The van der Waals surface area contributed by atoms with E-state index >= 15 is 0 Å². The molecule has 4 nitrogen and oxygen atoms in total. The van der Waals surface area contributed by atoms with E-state index in [0.29, 0.717) is 37.8 Å². The zero-order valence-electron chi connectivity index (χ0n) is 11.4. The fraction of sp³-hybridized carbons (Fsp3) is 0.583. The summed E-state index contributed by atoms with van der Waals surface area (Å²) in [6.45, 7) is 3.32. The molecule has 1 atom stereocenters. The lowest BCUT2D eigenvalue weighted by atomic mass is 10.2. The first-order chi connectivity index (χ1) is 8.90. The molecule has 1 fully saturated rings. The second-order valence-electron chi connectivity index (χ2n) is 4.53. The van der Waals surface area contributed by atoms with Crippen molar-refractivity contribution >= 4 is 30.6 Å². The summed E-state index contributed by atoms with van der Waals surface area (Å²) in [5, 5.41) is 0. The maximum absolute atomic E-state index is 12.8.